The van der Waals surface area contributed by atoms with Crippen molar-refractivity contribution in [1.82, 2.24) is 15.0 Å². The SMILES string of the molecule is Cc1cc(-c2ccc3nc(N)nc(NN)c3c2)cnc1F. The molecular weight excluding hydrogens is 271 g/mol. The summed E-state index contributed by atoms with van der Waals surface area (Å²) in [7, 11) is 0. The number of nitrogen functional groups attached to an aromatic ring is 2. The maximum Gasteiger partial charge on any atom is 0.222 e. The van der Waals surface area contributed by atoms with Crippen LogP contribution in [0.15, 0.2) is 30.5 Å². The molecule has 0 spiro atoms. The Morgan fingerprint density at radius 3 is 2.67 bits per heavy atom. The predicted octanol–water partition coefficient (Wildman–Crippen LogP) is 2.01. The van der Waals surface area contributed by atoms with E-state index in [0.29, 0.717) is 16.9 Å². The van der Waals surface area contributed by atoms with Gasteiger partial charge in [0.2, 0.25) is 11.9 Å². The van der Waals surface area contributed by atoms with E-state index in [-0.39, 0.29) is 5.95 Å². The number of anilines is 2. The maximum absolute atomic E-state index is 13.3. The molecule has 0 aliphatic rings. The van der Waals surface area contributed by atoms with Crippen molar-refractivity contribution >= 4 is 22.7 Å². The second kappa shape index (κ2) is 4.95. The number of aryl methyl sites for hydroxylation is 1. The summed E-state index contributed by atoms with van der Waals surface area (Å²) >= 11 is 0. The Morgan fingerprint density at radius 2 is 1.95 bits per heavy atom. The molecule has 2 heterocycles. The lowest BCUT2D eigenvalue weighted by Crippen LogP contribution is -2.11. The van der Waals surface area contributed by atoms with Gasteiger partial charge in [0.1, 0.15) is 0 Å². The molecule has 0 saturated carbocycles. The number of hydrogen-bond donors (Lipinski definition) is 3. The van der Waals surface area contributed by atoms with Gasteiger partial charge in [-0.1, -0.05) is 6.07 Å². The van der Waals surface area contributed by atoms with E-state index in [0.717, 1.165) is 16.5 Å². The number of aromatic nitrogens is 3. The van der Waals surface area contributed by atoms with Gasteiger partial charge in [0, 0.05) is 22.7 Å². The summed E-state index contributed by atoms with van der Waals surface area (Å²) < 4.78 is 13.3. The molecule has 6 nitrogen and oxygen atoms in total. The van der Waals surface area contributed by atoms with Gasteiger partial charge in [-0.15, -0.1) is 0 Å². The highest BCUT2D eigenvalue weighted by Crippen LogP contribution is 2.27. The van der Waals surface area contributed by atoms with Crippen LogP contribution in [0.3, 0.4) is 0 Å². The van der Waals surface area contributed by atoms with Crippen LogP contribution in [0, 0.1) is 12.9 Å². The van der Waals surface area contributed by atoms with E-state index in [4.69, 9.17) is 11.6 Å². The molecule has 0 aliphatic carbocycles. The van der Waals surface area contributed by atoms with Crippen LogP contribution < -0.4 is 17.0 Å². The zero-order valence-corrected chi connectivity index (χ0v) is 11.3. The van der Waals surface area contributed by atoms with Gasteiger partial charge in [-0.05, 0) is 30.7 Å². The second-order valence-electron chi connectivity index (χ2n) is 4.64. The van der Waals surface area contributed by atoms with Gasteiger partial charge in [-0.25, -0.2) is 15.8 Å². The molecule has 0 atom stereocenters. The zero-order valence-electron chi connectivity index (χ0n) is 11.3. The molecule has 2 aromatic heterocycles. The molecular formula is C14H13FN6. The molecule has 0 bridgehead atoms. The van der Waals surface area contributed by atoms with Crippen molar-refractivity contribution in [3.05, 3.63) is 42.0 Å². The second-order valence-corrected chi connectivity index (χ2v) is 4.64. The predicted molar refractivity (Wildman–Crippen MR) is 79.7 cm³/mol. The van der Waals surface area contributed by atoms with Crippen molar-refractivity contribution in [1.29, 1.82) is 0 Å². The van der Waals surface area contributed by atoms with E-state index in [9.17, 15) is 4.39 Å². The third-order valence-electron chi connectivity index (χ3n) is 3.20. The van der Waals surface area contributed by atoms with Crippen LogP contribution in [0.1, 0.15) is 5.56 Å². The quantitative estimate of drug-likeness (QED) is 0.378. The van der Waals surface area contributed by atoms with Gasteiger partial charge < -0.3 is 11.2 Å². The molecule has 0 fully saturated rings. The number of hydrazine groups is 1. The molecule has 3 rings (SSSR count). The standard InChI is InChI=1S/C14H13FN6/c1-7-4-9(6-18-12(7)15)8-2-3-11-10(5-8)13(21-17)20-14(16)19-11/h2-6H,17H2,1H3,(H3,16,19,20,21). The minimum atomic E-state index is -0.472. The molecule has 5 N–H and O–H groups in total. The van der Waals surface area contributed by atoms with Gasteiger partial charge in [-0.3, -0.25) is 0 Å². The summed E-state index contributed by atoms with van der Waals surface area (Å²) in [5, 5.41) is 0.728. The Morgan fingerprint density at radius 1 is 1.14 bits per heavy atom. The molecule has 0 unspecified atom stereocenters. The topological polar surface area (TPSA) is 103 Å². The highest BCUT2D eigenvalue weighted by molar-refractivity contribution is 5.93. The van der Waals surface area contributed by atoms with Gasteiger partial charge in [0.25, 0.3) is 0 Å². The first-order chi connectivity index (χ1) is 10.1. The first kappa shape index (κ1) is 13.2. The molecule has 0 saturated heterocycles. The van der Waals surface area contributed by atoms with Crippen molar-refractivity contribution < 1.29 is 4.39 Å². The monoisotopic (exact) mass is 284 g/mol. The molecule has 21 heavy (non-hydrogen) atoms. The number of halogens is 1. The average molecular weight is 284 g/mol. The lowest BCUT2D eigenvalue weighted by molar-refractivity contribution is 0.575. The fourth-order valence-corrected chi connectivity index (χ4v) is 2.15. The van der Waals surface area contributed by atoms with Crippen LogP contribution in [-0.4, -0.2) is 15.0 Å². The number of benzene rings is 1. The van der Waals surface area contributed by atoms with E-state index < -0.39 is 5.95 Å². The molecule has 3 aromatic rings. The van der Waals surface area contributed by atoms with Crippen molar-refractivity contribution in [3.63, 3.8) is 0 Å². The van der Waals surface area contributed by atoms with Crippen LogP contribution in [-0.2, 0) is 0 Å². The van der Waals surface area contributed by atoms with E-state index >= 15 is 0 Å². The molecule has 1 aromatic carbocycles. The fourth-order valence-electron chi connectivity index (χ4n) is 2.15. The van der Waals surface area contributed by atoms with Crippen LogP contribution in [0.5, 0.6) is 0 Å². The Bertz CT molecular complexity index is 833. The molecule has 0 radical (unpaired) electrons. The van der Waals surface area contributed by atoms with Gasteiger partial charge in [0.15, 0.2) is 5.82 Å². The molecule has 0 aliphatic heterocycles. The minimum absolute atomic E-state index is 0.141. The molecule has 106 valence electrons. The fraction of sp³-hybridized carbons (Fsp3) is 0.0714. The Kier molecular flexibility index (Phi) is 3.11. The van der Waals surface area contributed by atoms with E-state index in [1.807, 2.05) is 18.2 Å². The normalized spacial score (nSPS) is 10.8. The van der Waals surface area contributed by atoms with E-state index in [2.05, 4.69) is 20.4 Å². The lowest BCUT2D eigenvalue weighted by atomic mass is 10.0. The number of nitrogens with zero attached hydrogens (tertiary/aromatic N) is 3. The Labute approximate surface area is 120 Å². The summed E-state index contributed by atoms with van der Waals surface area (Å²) in [5.41, 5.74) is 10.9. The van der Waals surface area contributed by atoms with Gasteiger partial charge in [0.05, 0.1) is 5.52 Å². The number of nitrogens with one attached hydrogen (secondary N) is 1. The average Bonchev–Trinajstić information content (AvgIpc) is 2.48. The van der Waals surface area contributed by atoms with Crippen LogP contribution in [0.25, 0.3) is 22.0 Å². The van der Waals surface area contributed by atoms with Gasteiger partial charge in [-0.2, -0.15) is 9.37 Å². The number of nitrogens with two attached hydrogens (primary N) is 2. The molecule has 0 amide bonds. The van der Waals surface area contributed by atoms with Crippen LogP contribution in [0.4, 0.5) is 16.2 Å². The number of pyridine rings is 1. The van der Waals surface area contributed by atoms with Gasteiger partial charge >= 0.3 is 0 Å². The summed E-state index contributed by atoms with van der Waals surface area (Å²) in [5.74, 6) is 5.56. The first-order valence-electron chi connectivity index (χ1n) is 6.25. The van der Waals surface area contributed by atoms with Crippen molar-refractivity contribution in [2.75, 3.05) is 11.2 Å². The summed E-state index contributed by atoms with van der Waals surface area (Å²) in [6, 6.07) is 7.27. The maximum atomic E-state index is 13.3. The Hall–Kier alpha value is -2.80. The minimum Gasteiger partial charge on any atom is -0.368 e. The van der Waals surface area contributed by atoms with Crippen LogP contribution >= 0.6 is 0 Å². The third-order valence-corrected chi connectivity index (χ3v) is 3.20. The number of rotatable bonds is 2. The van der Waals surface area contributed by atoms with Crippen molar-refractivity contribution in [2.45, 2.75) is 6.92 Å². The van der Waals surface area contributed by atoms with E-state index in [1.54, 1.807) is 13.0 Å². The number of hydrogen-bond acceptors (Lipinski definition) is 6. The third kappa shape index (κ3) is 2.34. The molecule has 7 heteroatoms. The lowest BCUT2D eigenvalue weighted by Gasteiger charge is -2.08. The van der Waals surface area contributed by atoms with Crippen LogP contribution in [0.2, 0.25) is 0 Å². The summed E-state index contributed by atoms with van der Waals surface area (Å²) in [4.78, 5) is 11.9. The Balaban J connectivity index is 2.20. The number of fused-ring (bicyclic) bond motifs is 1. The summed E-state index contributed by atoms with van der Waals surface area (Å²) in [6.45, 7) is 1.67. The first-order valence-corrected chi connectivity index (χ1v) is 6.25. The largest absolute Gasteiger partial charge is 0.368 e. The smallest absolute Gasteiger partial charge is 0.222 e. The zero-order chi connectivity index (χ0) is 15.0. The highest BCUT2D eigenvalue weighted by Gasteiger charge is 2.08. The van der Waals surface area contributed by atoms with Crippen molar-refractivity contribution in [3.8, 4) is 11.1 Å². The van der Waals surface area contributed by atoms with Crippen molar-refractivity contribution in [2.24, 2.45) is 5.84 Å². The summed E-state index contributed by atoms with van der Waals surface area (Å²) in [6.07, 6.45) is 1.48. The van der Waals surface area contributed by atoms with E-state index in [1.165, 1.54) is 6.20 Å². The highest BCUT2D eigenvalue weighted by atomic mass is 19.1.